The largest absolute Gasteiger partial charge is 0.494 e. The number of aryl methyl sites for hydroxylation is 1. The molecule has 1 nitrogen and oxygen atoms in total. The molecule has 0 bridgehead atoms. The molecule has 3 rings (SSSR count). The molecule has 1 heteroatoms. The van der Waals surface area contributed by atoms with Crippen LogP contribution >= 0.6 is 0 Å². The van der Waals surface area contributed by atoms with Gasteiger partial charge in [-0.05, 0) is 92.7 Å². The minimum absolute atomic E-state index is 0.837. The second kappa shape index (κ2) is 18.1. The van der Waals surface area contributed by atoms with Crippen LogP contribution < -0.4 is 4.74 Å². The van der Waals surface area contributed by atoms with Crippen molar-refractivity contribution in [2.75, 3.05) is 6.61 Å². The maximum atomic E-state index is 6.07. The van der Waals surface area contributed by atoms with Gasteiger partial charge in [0.15, 0.2) is 0 Å². The van der Waals surface area contributed by atoms with E-state index in [1.807, 2.05) is 0 Å². The van der Waals surface area contributed by atoms with Gasteiger partial charge >= 0.3 is 0 Å². The van der Waals surface area contributed by atoms with Crippen molar-refractivity contribution in [2.45, 2.75) is 142 Å². The van der Waals surface area contributed by atoms with Gasteiger partial charge in [-0.3, -0.25) is 0 Å². The quantitative estimate of drug-likeness (QED) is 0.154. The van der Waals surface area contributed by atoms with E-state index < -0.39 is 0 Å². The molecule has 2 fully saturated rings. The van der Waals surface area contributed by atoms with Crippen molar-refractivity contribution in [3.8, 4) is 5.75 Å². The number of hydrogen-bond donors (Lipinski definition) is 0. The van der Waals surface area contributed by atoms with Gasteiger partial charge in [0, 0.05) is 0 Å². The molecule has 36 heavy (non-hydrogen) atoms. The molecule has 2 aliphatic rings. The fourth-order valence-electron chi connectivity index (χ4n) is 6.70. The van der Waals surface area contributed by atoms with Crippen LogP contribution in [-0.4, -0.2) is 6.61 Å². The zero-order valence-corrected chi connectivity index (χ0v) is 24.0. The predicted molar refractivity (Wildman–Crippen MR) is 158 cm³/mol. The molecule has 0 atom stereocenters. The summed E-state index contributed by atoms with van der Waals surface area (Å²) in [6, 6.07) is 8.90. The van der Waals surface area contributed by atoms with E-state index >= 15 is 0 Å². The van der Waals surface area contributed by atoms with Gasteiger partial charge in [-0.1, -0.05) is 115 Å². The van der Waals surface area contributed by atoms with Gasteiger partial charge in [-0.2, -0.15) is 0 Å². The zero-order chi connectivity index (χ0) is 25.3. The standard InChI is InChI=1S/C35H58O/c1-3-5-7-12-30-17-19-32(20-18-30)14-9-10-15-33-25-27-35(28-26-33)36-29-11-16-34-23-21-31(22-24-34)13-8-6-4-2/h9,14,25-28,30-32,34H,3-8,10-13,15-24,29H2,1-2H3/b14-9+. The number of rotatable bonds is 17. The van der Waals surface area contributed by atoms with Crippen molar-refractivity contribution in [1.82, 2.24) is 0 Å². The number of ether oxygens (including phenoxy) is 1. The molecule has 204 valence electrons. The van der Waals surface area contributed by atoms with E-state index in [-0.39, 0.29) is 0 Å². The third-order valence-corrected chi connectivity index (χ3v) is 9.25. The minimum atomic E-state index is 0.837. The number of unbranched alkanes of at least 4 members (excludes halogenated alkanes) is 4. The second-order valence-electron chi connectivity index (χ2n) is 12.3. The molecule has 2 saturated carbocycles. The van der Waals surface area contributed by atoms with Crippen LogP contribution in [0.15, 0.2) is 36.4 Å². The third-order valence-electron chi connectivity index (χ3n) is 9.25. The van der Waals surface area contributed by atoms with Gasteiger partial charge in [0.2, 0.25) is 0 Å². The zero-order valence-electron chi connectivity index (χ0n) is 24.0. The average Bonchev–Trinajstić information content (AvgIpc) is 2.92. The molecule has 0 heterocycles. The lowest BCUT2D eigenvalue weighted by molar-refractivity contribution is 0.228. The fourth-order valence-corrected chi connectivity index (χ4v) is 6.70. The Kier molecular flexibility index (Phi) is 14.7. The molecule has 0 unspecified atom stereocenters. The monoisotopic (exact) mass is 494 g/mol. The first-order valence-corrected chi connectivity index (χ1v) is 16.1. The molecular weight excluding hydrogens is 436 g/mol. The molecule has 1 aromatic carbocycles. The second-order valence-corrected chi connectivity index (χ2v) is 12.3. The lowest BCUT2D eigenvalue weighted by Crippen LogP contribution is -2.15. The van der Waals surface area contributed by atoms with E-state index in [4.69, 9.17) is 4.74 Å². The first kappa shape index (κ1) is 29.3. The summed E-state index contributed by atoms with van der Waals surface area (Å²) in [5.41, 5.74) is 1.43. The van der Waals surface area contributed by atoms with Gasteiger partial charge < -0.3 is 4.74 Å². The van der Waals surface area contributed by atoms with E-state index in [0.29, 0.717) is 0 Å². The molecule has 0 saturated heterocycles. The van der Waals surface area contributed by atoms with Crippen molar-refractivity contribution >= 4 is 0 Å². The summed E-state index contributed by atoms with van der Waals surface area (Å²) in [6.45, 7) is 5.50. The van der Waals surface area contributed by atoms with E-state index in [0.717, 1.165) is 48.9 Å². The van der Waals surface area contributed by atoms with Crippen LogP contribution in [0.4, 0.5) is 0 Å². The van der Waals surface area contributed by atoms with E-state index in [1.165, 1.54) is 121 Å². The van der Waals surface area contributed by atoms with E-state index in [1.54, 1.807) is 0 Å². The van der Waals surface area contributed by atoms with E-state index in [9.17, 15) is 0 Å². The highest BCUT2D eigenvalue weighted by Gasteiger charge is 2.21. The maximum absolute atomic E-state index is 6.07. The normalized spacial score (nSPS) is 24.8. The van der Waals surface area contributed by atoms with Gasteiger partial charge in [0.25, 0.3) is 0 Å². The SMILES string of the molecule is CCCCCC1CCC(/C=C/CCc2ccc(OCCCC3CCC(CCCCC)CC3)cc2)CC1. The Morgan fingerprint density at radius 1 is 0.667 bits per heavy atom. The average molecular weight is 495 g/mol. The highest BCUT2D eigenvalue weighted by molar-refractivity contribution is 5.27. The Morgan fingerprint density at radius 2 is 1.19 bits per heavy atom. The molecule has 1 aromatic rings. The van der Waals surface area contributed by atoms with Crippen LogP contribution in [-0.2, 0) is 6.42 Å². The van der Waals surface area contributed by atoms with Crippen LogP contribution in [0.25, 0.3) is 0 Å². The number of benzene rings is 1. The number of allylic oxidation sites excluding steroid dienone is 2. The molecule has 0 radical (unpaired) electrons. The predicted octanol–water partition coefficient (Wildman–Crippen LogP) is 11.1. The molecule has 0 N–H and O–H groups in total. The molecular formula is C35H58O. The smallest absolute Gasteiger partial charge is 0.119 e. The van der Waals surface area contributed by atoms with Gasteiger partial charge in [0.1, 0.15) is 5.75 Å². The van der Waals surface area contributed by atoms with Crippen LogP contribution in [0.1, 0.15) is 141 Å². The molecule has 0 aliphatic heterocycles. The first-order chi connectivity index (χ1) is 17.8. The summed E-state index contributed by atoms with van der Waals surface area (Å²) in [6.07, 6.45) is 32.9. The van der Waals surface area contributed by atoms with Crippen molar-refractivity contribution in [1.29, 1.82) is 0 Å². The molecule has 0 spiro atoms. The Bertz CT molecular complexity index is 673. The summed E-state index contributed by atoms with van der Waals surface area (Å²) < 4.78 is 6.07. The van der Waals surface area contributed by atoms with Crippen molar-refractivity contribution < 1.29 is 4.74 Å². The van der Waals surface area contributed by atoms with Crippen LogP contribution in [0.5, 0.6) is 5.75 Å². The van der Waals surface area contributed by atoms with Crippen molar-refractivity contribution in [3.05, 3.63) is 42.0 Å². The van der Waals surface area contributed by atoms with Crippen LogP contribution in [0.3, 0.4) is 0 Å². The summed E-state index contributed by atoms with van der Waals surface area (Å²) >= 11 is 0. The molecule has 2 aliphatic carbocycles. The molecule has 0 aromatic heterocycles. The topological polar surface area (TPSA) is 9.23 Å². The van der Waals surface area contributed by atoms with Crippen molar-refractivity contribution in [2.24, 2.45) is 23.7 Å². The summed E-state index contributed by atoms with van der Waals surface area (Å²) in [5, 5.41) is 0. The van der Waals surface area contributed by atoms with Crippen LogP contribution in [0, 0.1) is 23.7 Å². The number of hydrogen-bond acceptors (Lipinski definition) is 1. The molecule has 0 amide bonds. The van der Waals surface area contributed by atoms with Crippen LogP contribution in [0.2, 0.25) is 0 Å². The highest BCUT2D eigenvalue weighted by atomic mass is 16.5. The van der Waals surface area contributed by atoms with Gasteiger partial charge in [-0.25, -0.2) is 0 Å². The lowest BCUT2D eigenvalue weighted by atomic mass is 9.78. The highest BCUT2D eigenvalue weighted by Crippen LogP contribution is 2.34. The first-order valence-electron chi connectivity index (χ1n) is 16.1. The Labute approximate surface area is 224 Å². The fraction of sp³-hybridized carbons (Fsp3) is 0.771. The lowest BCUT2D eigenvalue weighted by Gasteiger charge is -2.28. The van der Waals surface area contributed by atoms with Gasteiger partial charge in [0.05, 0.1) is 6.61 Å². The Hall–Kier alpha value is -1.24. The Balaban J connectivity index is 1.20. The van der Waals surface area contributed by atoms with Crippen molar-refractivity contribution in [3.63, 3.8) is 0 Å². The maximum Gasteiger partial charge on any atom is 0.119 e. The summed E-state index contributed by atoms with van der Waals surface area (Å²) in [7, 11) is 0. The van der Waals surface area contributed by atoms with Gasteiger partial charge in [-0.15, -0.1) is 0 Å². The third kappa shape index (κ3) is 11.9. The Morgan fingerprint density at radius 3 is 1.75 bits per heavy atom. The minimum Gasteiger partial charge on any atom is -0.494 e. The summed E-state index contributed by atoms with van der Waals surface area (Å²) in [5.74, 6) is 4.88. The van der Waals surface area contributed by atoms with E-state index in [2.05, 4.69) is 50.3 Å². The summed E-state index contributed by atoms with van der Waals surface area (Å²) in [4.78, 5) is 0.